The zero-order valence-corrected chi connectivity index (χ0v) is 8.49. The van der Waals surface area contributed by atoms with E-state index in [1.165, 1.54) is 0 Å². The maximum absolute atomic E-state index is 11.6. The SMILES string of the molecule is CCC(CC)S(=O)C(C)CN. The van der Waals surface area contributed by atoms with Gasteiger partial charge in [0, 0.05) is 27.8 Å². The highest BCUT2D eigenvalue weighted by Gasteiger charge is 2.17. The second-order valence-electron chi connectivity index (χ2n) is 2.81. The Morgan fingerprint density at radius 2 is 1.82 bits per heavy atom. The molecular weight excluding hydrogens is 158 g/mol. The second kappa shape index (κ2) is 5.72. The fraction of sp³-hybridized carbons (Fsp3) is 1.00. The van der Waals surface area contributed by atoms with Crippen LogP contribution >= 0.6 is 0 Å². The zero-order valence-electron chi connectivity index (χ0n) is 7.67. The van der Waals surface area contributed by atoms with Crippen LogP contribution in [0.1, 0.15) is 33.6 Å². The molecule has 2 N–H and O–H groups in total. The van der Waals surface area contributed by atoms with Crippen molar-refractivity contribution in [3.05, 3.63) is 0 Å². The zero-order chi connectivity index (χ0) is 8.85. The van der Waals surface area contributed by atoms with E-state index in [1.54, 1.807) is 0 Å². The number of hydrogen-bond donors (Lipinski definition) is 1. The highest BCUT2D eigenvalue weighted by atomic mass is 32.2. The summed E-state index contributed by atoms with van der Waals surface area (Å²) in [6, 6.07) is 0. The summed E-state index contributed by atoms with van der Waals surface area (Å²) >= 11 is 0. The molecule has 0 rings (SSSR count). The van der Waals surface area contributed by atoms with Crippen LogP contribution in [-0.4, -0.2) is 21.3 Å². The smallest absolute Gasteiger partial charge is 0.0445 e. The molecule has 2 unspecified atom stereocenters. The predicted octanol–water partition coefficient (Wildman–Crippen LogP) is 1.27. The molecule has 0 heterocycles. The molecule has 0 saturated carbocycles. The van der Waals surface area contributed by atoms with Crippen LogP contribution in [0.3, 0.4) is 0 Å². The molecule has 0 aliphatic heterocycles. The molecule has 2 nitrogen and oxygen atoms in total. The van der Waals surface area contributed by atoms with Gasteiger partial charge in [-0.2, -0.15) is 0 Å². The van der Waals surface area contributed by atoms with Crippen molar-refractivity contribution in [3.63, 3.8) is 0 Å². The monoisotopic (exact) mass is 177 g/mol. The first-order valence-electron chi connectivity index (χ1n) is 4.26. The Kier molecular flexibility index (Phi) is 5.78. The summed E-state index contributed by atoms with van der Waals surface area (Å²) in [4.78, 5) is 0. The van der Waals surface area contributed by atoms with Gasteiger partial charge in [-0.3, -0.25) is 4.21 Å². The lowest BCUT2D eigenvalue weighted by atomic mass is 10.3. The standard InChI is InChI=1S/C8H19NOS/c1-4-8(5-2)11(10)7(3)6-9/h7-8H,4-6,9H2,1-3H3. The lowest BCUT2D eigenvalue weighted by Crippen LogP contribution is -2.29. The fourth-order valence-electron chi connectivity index (χ4n) is 1.04. The molecule has 0 fully saturated rings. The van der Waals surface area contributed by atoms with Gasteiger partial charge in [-0.1, -0.05) is 13.8 Å². The van der Waals surface area contributed by atoms with Crippen LogP contribution in [-0.2, 0) is 10.8 Å². The third kappa shape index (κ3) is 3.34. The Balaban J connectivity index is 3.97. The Labute approximate surface area is 72.0 Å². The summed E-state index contributed by atoms with van der Waals surface area (Å²) in [6.07, 6.45) is 1.99. The molecule has 2 atom stereocenters. The average Bonchev–Trinajstić information content (AvgIpc) is 2.05. The van der Waals surface area contributed by atoms with Crippen molar-refractivity contribution in [1.29, 1.82) is 0 Å². The van der Waals surface area contributed by atoms with Gasteiger partial charge in [0.2, 0.25) is 0 Å². The quantitative estimate of drug-likeness (QED) is 0.687. The van der Waals surface area contributed by atoms with E-state index >= 15 is 0 Å². The fourth-order valence-corrected chi connectivity index (χ4v) is 2.54. The molecule has 0 amide bonds. The number of nitrogens with two attached hydrogens (primary N) is 1. The van der Waals surface area contributed by atoms with Crippen LogP contribution in [0.25, 0.3) is 0 Å². The van der Waals surface area contributed by atoms with Gasteiger partial charge in [0.15, 0.2) is 0 Å². The van der Waals surface area contributed by atoms with Crippen LogP contribution < -0.4 is 5.73 Å². The van der Waals surface area contributed by atoms with Crippen LogP contribution in [0.2, 0.25) is 0 Å². The minimum Gasteiger partial charge on any atom is -0.329 e. The predicted molar refractivity (Wildman–Crippen MR) is 51.0 cm³/mol. The van der Waals surface area contributed by atoms with Crippen molar-refractivity contribution >= 4 is 10.8 Å². The Hall–Kier alpha value is 0.110. The first-order chi connectivity index (χ1) is 5.17. The van der Waals surface area contributed by atoms with Gasteiger partial charge in [-0.05, 0) is 19.8 Å². The van der Waals surface area contributed by atoms with Gasteiger partial charge < -0.3 is 5.73 Å². The summed E-state index contributed by atoms with van der Waals surface area (Å²) in [6.45, 7) is 6.64. The highest BCUT2D eigenvalue weighted by Crippen LogP contribution is 2.10. The summed E-state index contributed by atoms with van der Waals surface area (Å²) in [5, 5.41) is 0.494. The van der Waals surface area contributed by atoms with Gasteiger partial charge in [0.1, 0.15) is 0 Å². The van der Waals surface area contributed by atoms with Crippen molar-refractivity contribution < 1.29 is 4.21 Å². The van der Waals surface area contributed by atoms with Crippen molar-refractivity contribution in [1.82, 2.24) is 0 Å². The molecule has 68 valence electrons. The normalized spacial score (nSPS) is 16.8. The first kappa shape index (κ1) is 11.1. The van der Waals surface area contributed by atoms with E-state index in [0.29, 0.717) is 11.8 Å². The van der Waals surface area contributed by atoms with Crippen LogP contribution in [0.5, 0.6) is 0 Å². The van der Waals surface area contributed by atoms with Gasteiger partial charge >= 0.3 is 0 Å². The van der Waals surface area contributed by atoms with Crippen molar-refractivity contribution in [2.24, 2.45) is 5.73 Å². The summed E-state index contributed by atoms with van der Waals surface area (Å²) in [7, 11) is -0.728. The topological polar surface area (TPSA) is 43.1 Å². The molecule has 0 aliphatic rings. The summed E-state index contributed by atoms with van der Waals surface area (Å²) in [5.41, 5.74) is 5.43. The molecule has 0 radical (unpaired) electrons. The third-order valence-electron chi connectivity index (χ3n) is 1.97. The lowest BCUT2D eigenvalue weighted by molar-refractivity contribution is 0.647. The minimum absolute atomic E-state index is 0.153. The van der Waals surface area contributed by atoms with Gasteiger partial charge in [-0.15, -0.1) is 0 Å². The van der Waals surface area contributed by atoms with Crippen LogP contribution in [0, 0.1) is 0 Å². The summed E-state index contributed by atoms with van der Waals surface area (Å²) in [5.74, 6) is 0. The minimum atomic E-state index is -0.728. The molecule has 0 aromatic heterocycles. The largest absolute Gasteiger partial charge is 0.329 e. The van der Waals surface area contributed by atoms with Crippen LogP contribution in [0.15, 0.2) is 0 Å². The summed E-state index contributed by atoms with van der Waals surface area (Å²) < 4.78 is 11.6. The molecule has 11 heavy (non-hydrogen) atoms. The molecular formula is C8H19NOS. The highest BCUT2D eigenvalue weighted by molar-refractivity contribution is 7.86. The van der Waals surface area contributed by atoms with E-state index in [4.69, 9.17) is 5.73 Å². The Bertz CT molecular complexity index is 123. The maximum Gasteiger partial charge on any atom is 0.0445 e. The van der Waals surface area contributed by atoms with E-state index in [1.807, 2.05) is 6.92 Å². The van der Waals surface area contributed by atoms with E-state index in [9.17, 15) is 4.21 Å². The van der Waals surface area contributed by atoms with Crippen molar-refractivity contribution in [2.75, 3.05) is 6.54 Å². The third-order valence-corrected chi connectivity index (χ3v) is 4.28. The second-order valence-corrected chi connectivity index (χ2v) is 4.94. The van der Waals surface area contributed by atoms with Crippen molar-refractivity contribution in [3.8, 4) is 0 Å². The molecule has 3 heteroatoms. The van der Waals surface area contributed by atoms with Gasteiger partial charge in [0.05, 0.1) is 0 Å². The van der Waals surface area contributed by atoms with E-state index in [-0.39, 0.29) is 5.25 Å². The molecule has 0 aromatic rings. The van der Waals surface area contributed by atoms with Gasteiger partial charge in [0.25, 0.3) is 0 Å². The molecule has 0 bridgehead atoms. The molecule has 0 aromatic carbocycles. The van der Waals surface area contributed by atoms with Crippen LogP contribution in [0.4, 0.5) is 0 Å². The Morgan fingerprint density at radius 3 is 2.09 bits per heavy atom. The van der Waals surface area contributed by atoms with E-state index in [2.05, 4.69) is 13.8 Å². The molecule has 0 spiro atoms. The molecule has 0 saturated heterocycles. The van der Waals surface area contributed by atoms with Crippen molar-refractivity contribution in [2.45, 2.75) is 44.1 Å². The van der Waals surface area contributed by atoms with Gasteiger partial charge in [-0.25, -0.2) is 0 Å². The maximum atomic E-state index is 11.6. The lowest BCUT2D eigenvalue weighted by Gasteiger charge is -2.16. The number of hydrogen-bond acceptors (Lipinski definition) is 2. The average molecular weight is 177 g/mol. The van der Waals surface area contributed by atoms with E-state index in [0.717, 1.165) is 12.8 Å². The Morgan fingerprint density at radius 1 is 1.36 bits per heavy atom. The van der Waals surface area contributed by atoms with E-state index < -0.39 is 10.8 Å². The molecule has 0 aliphatic carbocycles. The first-order valence-corrected chi connectivity index (χ1v) is 5.54. The number of rotatable bonds is 5.